The molecule has 0 radical (unpaired) electrons. The van der Waals surface area contributed by atoms with Gasteiger partial charge in [0.1, 0.15) is 6.10 Å². The summed E-state index contributed by atoms with van der Waals surface area (Å²) in [5.74, 6) is -0.552. The van der Waals surface area contributed by atoms with Crippen LogP contribution in [0.5, 0.6) is 0 Å². The van der Waals surface area contributed by atoms with Crippen LogP contribution in [-0.4, -0.2) is 46.9 Å². The highest BCUT2D eigenvalue weighted by Gasteiger charge is 2.24. The van der Waals surface area contributed by atoms with Crippen molar-refractivity contribution in [1.29, 1.82) is 0 Å². The van der Waals surface area contributed by atoms with Crippen LogP contribution in [0.15, 0.2) is 85.1 Å². The molecule has 1 amide bonds. The summed E-state index contributed by atoms with van der Waals surface area (Å²) in [7, 11) is 0. The van der Waals surface area contributed by atoms with Crippen LogP contribution in [0.4, 0.5) is 0 Å². The van der Waals surface area contributed by atoms with Crippen molar-refractivity contribution in [3.8, 4) is 0 Å². The van der Waals surface area contributed by atoms with E-state index in [0.29, 0.717) is 19.3 Å². The number of aliphatic hydroxyl groups is 2. The Morgan fingerprint density at radius 1 is 0.455 bits per heavy atom. The second-order valence-electron chi connectivity index (χ2n) is 18.7. The monoisotopic (exact) mass is 920 g/mol. The maximum atomic E-state index is 13.2. The predicted octanol–water partition coefficient (Wildman–Crippen LogP) is 17.1. The summed E-state index contributed by atoms with van der Waals surface area (Å²) in [6, 6.07) is -0.728. The zero-order valence-electron chi connectivity index (χ0n) is 43.3. The second-order valence-corrected chi connectivity index (χ2v) is 18.7. The first-order chi connectivity index (χ1) is 32.5. The minimum absolute atomic E-state index is 0.0281. The minimum atomic E-state index is -0.810. The van der Waals surface area contributed by atoms with Gasteiger partial charge in [-0.25, -0.2) is 0 Å². The van der Waals surface area contributed by atoms with Crippen molar-refractivity contribution >= 4 is 11.9 Å². The van der Waals surface area contributed by atoms with Crippen LogP contribution in [0.2, 0.25) is 0 Å². The third-order valence-electron chi connectivity index (χ3n) is 12.3. The third kappa shape index (κ3) is 47.5. The minimum Gasteiger partial charge on any atom is -0.462 e. The fourth-order valence-electron chi connectivity index (χ4n) is 8.01. The van der Waals surface area contributed by atoms with Crippen molar-refractivity contribution in [3.63, 3.8) is 0 Å². The first-order valence-corrected chi connectivity index (χ1v) is 27.8. The Morgan fingerprint density at radius 2 is 0.848 bits per heavy atom. The molecule has 0 aromatic carbocycles. The Hall–Kier alpha value is -2.96. The molecule has 380 valence electrons. The zero-order valence-corrected chi connectivity index (χ0v) is 43.3. The van der Waals surface area contributed by atoms with Crippen LogP contribution in [0.1, 0.15) is 258 Å². The van der Waals surface area contributed by atoms with Gasteiger partial charge in [-0.3, -0.25) is 9.59 Å². The number of ether oxygens (including phenoxy) is 1. The van der Waals surface area contributed by atoms with Crippen LogP contribution in [0.3, 0.4) is 0 Å². The summed E-state index contributed by atoms with van der Waals surface area (Å²) in [4.78, 5) is 26.2. The summed E-state index contributed by atoms with van der Waals surface area (Å²) >= 11 is 0. The summed E-state index contributed by atoms with van der Waals surface area (Å²) in [5, 5.41) is 23.8. The summed E-state index contributed by atoms with van der Waals surface area (Å²) in [6.07, 6.45) is 69.3. The highest BCUT2D eigenvalue weighted by atomic mass is 16.5. The number of hydrogen-bond acceptors (Lipinski definition) is 5. The molecule has 0 spiro atoms. The molecule has 0 rings (SSSR count). The lowest BCUT2D eigenvalue weighted by Gasteiger charge is -2.24. The molecule has 0 saturated heterocycles. The number of esters is 1. The second kappa shape index (κ2) is 53.0. The van der Waals surface area contributed by atoms with Crippen molar-refractivity contribution in [2.75, 3.05) is 6.61 Å². The number of hydrogen-bond donors (Lipinski definition) is 3. The van der Waals surface area contributed by atoms with E-state index in [1.54, 1.807) is 0 Å². The van der Waals surface area contributed by atoms with E-state index in [2.05, 4.69) is 111 Å². The highest BCUT2D eigenvalue weighted by Crippen LogP contribution is 2.17. The Bertz CT molecular complexity index is 1260. The van der Waals surface area contributed by atoms with E-state index < -0.39 is 18.2 Å². The van der Waals surface area contributed by atoms with Gasteiger partial charge in [0, 0.05) is 6.42 Å². The van der Waals surface area contributed by atoms with E-state index in [1.807, 2.05) is 0 Å². The normalized spacial score (nSPS) is 13.8. The number of allylic oxidation sites excluding steroid dienone is 14. The van der Waals surface area contributed by atoms with Gasteiger partial charge in [0.25, 0.3) is 0 Å². The summed E-state index contributed by atoms with van der Waals surface area (Å²) in [5.41, 5.74) is 0. The van der Waals surface area contributed by atoms with E-state index in [4.69, 9.17) is 4.74 Å². The standard InChI is InChI=1S/C60H105NO5/c1-4-7-10-13-16-19-22-25-27-29-31-33-35-38-41-44-47-50-53-60(65)66-56(51-48-45-42-39-36-34-32-30-28-26-23-20-17-14-11-8-5-2)54-59(64)61-57(55-62)58(63)52-49-46-43-40-37-24-21-18-15-12-9-6-3/h17,20,22,25-29,31-34,39,42,56-58,62-63H,4-16,18-19,21,23-24,30,35-38,40-41,43-55H2,1-3H3,(H,61,64)/b20-17-,25-22+,28-26-,29-27+,33-31+,34-32-,42-39-. The van der Waals surface area contributed by atoms with Crippen LogP contribution in [0.25, 0.3) is 0 Å². The van der Waals surface area contributed by atoms with Gasteiger partial charge in [-0.05, 0) is 89.9 Å². The lowest BCUT2D eigenvalue weighted by Crippen LogP contribution is -2.46. The maximum absolute atomic E-state index is 13.2. The van der Waals surface area contributed by atoms with E-state index in [1.165, 1.54) is 116 Å². The molecule has 0 fully saturated rings. The van der Waals surface area contributed by atoms with Crippen LogP contribution in [-0.2, 0) is 14.3 Å². The Labute approximate surface area is 408 Å². The quantitative estimate of drug-likeness (QED) is 0.0245. The number of carbonyl (C=O) groups excluding carboxylic acids is 2. The molecule has 3 N–H and O–H groups in total. The van der Waals surface area contributed by atoms with Crippen molar-refractivity contribution in [2.45, 2.75) is 277 Å². The highest BCUT2D eigenvalue weighted by molar-refractivity contribution is 5.77. The average Bonchev–Trinajstić information content (AvgIpc) is 3.31. The van der Waals surface area contributed by atoms with E-state index in [-0.39, 0.29) is 24.9 Å². The Morgan fingerprint density at radius 3 is 1.35 bits per heavy atom. The van der Waals surface area contributed by atoms with E-state index >= 15 is 0 Å². The third-order valence-corrected chi connectivity index (χ3v) is 12.3. The van der Waals surface area contributed by atoms with Gasteiger partial charge in [-0.1, -0.05) is 241 Å². The predicted molar refractivity (Wildman–Crippen MR) is 287 cm³/mol. The van der Waals surface area contributed by atoms with Gasteiger partial charge < -0.3 is 20.3 Å². The molecule has 0 aliphatic heterocycles. The molecule has 66 heavy (non-hydrogen) atoms. The van der Waals surface area contributed by atoms with Crippen molar-refractivity contribution < 1.29 is 24.5 Å². The lowest BCUT2D eigenvalue weighted by molar-refractivity contribution is -0.151. The van der Waals surface area contributed by atoms with Crippen molar-refractivity contribution in [2.24, 2.45) is 0 Å². The van der Waals surface area contributed by atoms with Gasteiger partial charge in [0.2, 0.25) is 5.91 Å². The average molecular weight is 921 g/mol. The number of unbranched alkanes of at least 4 members (excludes halogenated alkanes) is 25. The van der Waals surface area contributed by atoms with Crippen molar-refractivity contribution in [1.82, 2.24) is 5.32 Å². The molecule has 0 aromatic rings. The number of rotatable bonds is 49. The molecular formula is C60H105NO5. The lowest BCUT2D eigenvalue weighted by atomic mass is 10.0. The molecule has 6 nitrogen and oxygen atoms in total. The van der Waals surface area contributed by atoms with Gasteiger partial charge in [0.15, 0.2) is 0 Å². The molecule has 0 bridgehead atoms. The number of amides is 1. The maximum Gasteiger partial charge on any atom is 0.306 e. The van der Waals surface area contributed by atoms with Gasteiger partial charge in [-0.2, -0.15) is 0 Å². The molecule has 0 heterocycles. The molecule has 0 saturated carbocycles. The largest absolute Gasteiger partial charge is 0.462 e. The molecular weight excluding hydrogens is 815 g/mol. The number of carbonyl (C=O) groups is 2. The van der Waals surface area contributed by atoms with Crippen LogP contribution < -0.4 is 5.32 Å². The first kappa shape index (κ1) is 63.0. The smallest absolute Gasteiger partial charge is 0.306 e. The van der Waals surface area contributed by atoms with Crippen molar-refractivity contribution in [3.05, 3.63) is 85.1 Å². The number of aliphatic hydroxyl groups excluding tert-OH is 2. The molecule has 0 aliphatic rings. The zero-order chi connectivity index (χ0) is 48.1. The van der Waals surface area contributed by atoms with Gasteiger partial charge >= 0.3 is 5.97 Å². The van der Waals surface area contributed by atoms with E-state index in [9.17, 15) is 19.8 Å². The Balaban J connectivity index is 4.73. The fourth-order valence-corrected chi connectivity index (χ4v) is 8.01. The summed E-state index contributed by atoms with van der Waals surface area (Å²) < 4.78 is 5.92. The Kier molecular flexibility index (Phi) is 50.6. The van der Waals surface area contributed by atoms with Gasteiger partial charge in [0.05, 0.1) is 25.2 Å². The molecule has 3 unspecified atom stereocenters. The number of nitrogens with one attached hydrogen (secondary N) is 1. The van der Waals surface area contributed by atoms with Crippen LogP contribution >= 0.6 is 0 Å². The first-order valence-electron chi connectivity index (χ1n) is 27.8. The SMILES string of the molecule is CCCCC/C=C\C/C=C\C/C=C\C/C=C\CCCC(CC(=O)NC(CO)C(O)CCCCCCCCCCCCCC)OC(=O)CCCCCCC/C=C/C=C/C=C/CCCCCCC. The summed E-state index contributed by atoms with van der Waals surface area (Å²) in [6.45, 7) is 6.42. The molecule has 3 atom stereocenters. The van der Waals surface area contributed by atoms with E-state index in [0.717, 1.165) is 96.3 Å². The molecule has 0 aliphatic carbocycles. The molecule has 6 heteroatoms. The van der Waals surface area contributed by atoms with Crippen LogP contribution in [0, 0.1) is 0 Å². The fraction of sp³-hybridized carbons (Fsp3) is 0.733. The topological polar surface area (TPSA) is 95.9 Å². The van der Waals surface area contributed by atoms with Gasteiger partial charge in [-0.15, -0.1) is 0 Å². The molecule has 0 aromatic heterocycles.